The molecule has 0 amide bonds. The van der Waals surface area contributed by atoms with Gasteiger partial charge in [-0.3, -0.25) is 0 Å². The van der Waals surface area contributed by atoms with Crippen LogP contribution in [0.2, 0.25) is 0 Å². The molecule has 0 aliphatic heterocycles. The lowest BCUT2D eigenvalue weighted by Crippen LogP contribution is -2.13. The van der Waals surface area contributed by atoms with Gasteiger partial charge in [-0.1, -0.05) is 99.1 Å². The standard InChI is InChI=1S/C34H33N/c1-24-10-17-28(18-11-24)35(30-21-15-27(16-22-30)34(3,4)5)29-19-13-26(14-20-29)32-23-12-25(2)31-8-6-7-9-33(31)32/h6-23H,1-5H3. The van der Waals surface area contributed by atoms with Crippen LogP contribution in [0.1, 0.15) is 37.5 Å². The monoisotopic (exact) mass is 455 g/mol. The first-order chi connectivity index (χ1) is 16.8. The summed E-state index contributed by atoms with van der Waals surface area (Å²) in [6, 6.07) is 39.9. The molecule has 0 saturated heterocycles. The van der Waals surface area contributed by atoms with E-state index in [2.05, 4.69) is 149 Å². The van der Waals surface area contributed by atoms with E-state index in [9.17, 15) is 0 Å². The van der Waals surface area contributed by atoms with E-state index in [1.165, 1.54) is 38.6 Å². The topological polar surface area (TPSA) is 3.24 Å². The number of nitrogens with zero attached hydrogens (tertiary/aromatic N) is 1. The van der Waals surface area contributed by atoms with Crippen molar-refractivity contribution in [2.24, 2.45) is 0 Å². The van der Waals surface area contributed by atoms with Gasteiger partial charge in [-0.15, -0.1) is 0 Å². The van der Waals surface area contributed by atoms with Crippen LogP contribution in [0, 0.1) is 13.8 Å². The highest BCUT2D eigenvalue weighted by molar-refractivity contribution is 5.98. The lowest BCUT2D eigenvalue weighted by molar-refractivity contribution is 0.590. The first-order valence-corrected chi connectivity index (χ1v) is 12.4. The van der Waals surface area contributed by atoms with Crippen LogP contribution >= 0.6 is 0 Å². The van der Waals surface area contributed by atoms with Crippen LogP contribution in [-0.4, -0.2) is 0 Å². The number of rotatable bonds is 4. The Morgan fingerprint density at radius 2 is 1.03 bits per heavy atom. The second-order valence-corrected chi connectivity index (χ2v) is 10.5. The third-order valence-electron chi connectivity index (χ3n) is 6.86. The minimum absolute atomic E-state index is 0.131. The Hall–Kier alpha value is -3.84. The average molecular weight is 456 g/mol. The zero-order chi connectivity index (χ0) is 24.6. The molecule has 5 aromatic rings. The molecule has 0 fully saturated rings. The summed E-state index contributed by atoms with van der Waals surface area (Å²) >= 11 is 0. The predicted octanol–water partition coefficient (Wildman–Crippen LogP) is 9.89. The maximum Gasteiger partial charge on any atom is 0.0462 e. The molecule has 0 aliphatic carbocycles. The van der Waals surface area contributed by atoms with E-state index in [1.807, 2.05) is 0 Å². The van der Waals surface area contributed by atoms with E-state index in [4.69, 9.17) is 0 Å². The summed E-state index contributed by atoms with van der Waals surface area (Å²) in [4.78, 5) is 2.34. The van der Waals surface area contributed by atoms with E-state index in [-0.39, 0.29) is 5.41 Å². The van der Waals surface area contributed by atoms with E-state index in [1.54, 1.807) is 0 Å². The highest BCUT2D eigenvalue weighted by Gasteiger charge is 2.17. The fourth-order valence-electron chi connectivity index (χ4n) is 4.74. The van der Waals surface area contributed by atoms with Crippen LogP contribution in [0.25, 0.3) is 21.9 Å². The Kier molecular flexibility index (Phi) is 5.94. The molecule has 0 spiro atoms. The second kappa shape index (κ2) is 9.07. The fourth-order valence-corrected chi connectivity index (χ4v) is 4.74. The normalized spacial score (nSPS) is 11.6. The molecule has 0 atom stereocenters. The van der Waals surface area contributed by atoms with E-state index < -0.39 is 0 Å². The predicted molar refractivity (Wildman–Crippen MR) is 152 cm³/mol. The highest BCUT2D eigenvalue weighted by Crippen LogP contribution is 2.38. The number of fused-ring (bicyclic) bond motifs is 1. The van der Waals surface area contributed by atoms with Gasteiger partial charge in [0.05, 0.1) is 0 Å². The van der Waals surface area contributed by atoms with Gasteiger partial charge >= 0.3 is 0 Å². The van der Waals surface area contributed by atoms with Gasteiger partial charge in [-0.25, -0.2) is 0 Å². The van der Waals surface area contributed by atoms with Crippen molar-refractivity contribution in [3.05, 3.63) is 126 Å². The Labute approximate surface area is 209 Å². The van der Waals surface area contributed by atoms with Crippen molar-refractivity contribution < 1.29 is 0 Å². The minimum Gasteiger partial charge on any atom is -0.311 e. The van der Waals surface area contributed by atoms with Crippen LogP contribution in [0.15, 0.2) is 109 Å². The summed E-state index contributed by atoms with van der Waals surface area (Å²) in [5.74, 6) is 0. The number of aryl methyl sites for hydroxylation is 2. The smallest absolute Gasteiger partial charge is 0.0462 e. The summed E-state index contributed by atoms with van der Waals surface area (Å²) in [5, 5.41) is 2.61. The average Bonchev–Trinajstić information content (AvgIpc) is 2.86. The van der Waals surface area contributed by atoms with Gasteiger partial charge in [0.2, 0.25) is 0 Å². The van der Waals surface area contributed by atoms with Crippen LogP contribution in [0.5, 0.6) is 0 Å². The number of anilines is 3. The largest absolute Gasteiger partial charge is 0.311 e. The summed E-state index contributed by atoms with van der Waals surface area (Å²) < 4.78 is 0. The van der Waals surface area contributed by atoms with E-state index >= 15 is 0 Å². The number of hydrogen-bond donors (Lipinski definition) is 0. The van der Waals surface area contributed by atoms with Crippen LogP contribution in [0.4, 0.5) is 17.1 Å². The Morgan fingerprint density at radius 1 is 0.514 bits per heavy atom. The van der Waals surface area contributed by atoms with Gasteiger partial charge in [0.1, 0.15) is 0 Å². The maximum absolute atomic E-state index is 2.34. The summed E-state index contributed by atoms with van der Waals surface area (Å²) in [5.41, 5.74) is 10.0. The molecule has 0 unspecified atom stereocenters. The molecule has 1 heteroatoms. The molecular formula is C34H33N. The quantitative estimate of drug-likeness (QED) is 0.260. The summed E-state index contributed by atoms with van der Waals surface area (Å²) in [6.07, 6.45) is 0. The molecule has 0 saturated carbocycles. The molecule has 0 bridgehead atoms. The zero-order valence-corrected chi connectivity index (χ0v) is 21.3. The van der Waals surface area contributed by atoms with Crippen molar-refractivity contribution in [3.63, 3.8) is 0 Å². The van der Waals surface area contributed by atoms with E-state index in [0.717, 1.165) is 17.1 Å². The molecule has 0 aromatic heterocycles. The molecular weight excluding hydrogens is 422 g/mol. The van der Waals surface area contributed by atoms with Crippen molar-refractivity contribution in [1.29, 1.82) is 0 Å². The Balaban J connectivity index is 1.58. The summed E-state index contributed by atoms with van der Waals surface area (Å²) in [7, 11) is 0. The van der Waals surface area contributed by atoms with Crippen molar-refractivity contribution in [2.45, 2.75) is 40.0 Å². The molecule has 5 rings (SSSR count). The molecule has 0 heterocycles. The van der Waals surface area contributed by atoms with Crippen LogP contribution in [-0.2, 0) is 5.41 Å². The maximum atomic E-state index is 2.34. The second-order valence-electron chi connectivity index (χ2n) is 10.5. The van der Waals surface area contributed by atoms with Crippen molar-refractivity contribution in [1.82, 2.24) is 0 Å². The lowest BCUT2D eigenvalue weighted by atomic mass is 9.87. The molecule has 1 nitrogen and oxygen atoms in total. The van der Waals surface area contributed by atoms with Crippen LogP contribution in [0.3, 0.4) is 0 Å². The van der Waals surface area contributed by atoms with Gasteiger partial charge in [-0.05, 0) is 88.7 Å². The number of benzene rings is 5. The van der Waals surface area contributed by atoms with Crippen LogP contribution < -0.4 is 4.90 Å². The first-order valence-electron chi connectivity index (χ1n) is 12.4. The SMILES string of the molecule is Cc1ccc(N(c2ccc(-c3ccc(C)c4ccccc34)cc2)c2ccc(C(C)(C)C)cc2)cc1. The lowest BCUT2D eigenvalue weighted by Gasteiger charge is -2.27. The third kappa shape index (κ3) is 4.59. The molecule has 5 aromatic carbocycles. The Bertz CT molecular complexity index is 1450. The fraction of sp³-hybridized carbons (Fsp3) is 0.176. The Morgan fingerprint density at radius 3 is 1.60 bits per heavy atom. The van der Waals surface area contributed by atoms with Crippen molar-refractivity contribution in [2.75, 3.05) is 4.90 Å². The third-order valence-corrected chi connectivity index (χ3v) is 6.86. The van der Waals surface area contributed by atoms with Gasteiger partial charge in [0, 0.05) is 17.1 Å². The molecule has 35 heavy (non-hydrogen) atoms. The molecule has 0 aliphatic rings. The van der Waals surface area contributed by atoms with E-state index in [0.29, 0.717) is 0 Å². The van der Waals surface area contributed by atoms with Gasteiger partial charge < -0.3 is 4.90 Å². The molecule has 174 valence electrons. The minimum atomic E-state index is 0.131. The summed E-state index contributed by atoms with van der Waals surface area (Å²) in [6.45, 7) is 11.1. The zero-order valence-electron chi connectivity index (χ0n) is 21.3. The molecule has 0 N–H and O–H groups in total. The van der Waals surface area contributed by atoms with Gasteiger partial charge in [-0.2, -0.15) is 0 Å². The van der Waals surface area contributed by atoms with Gasteiger partial charge in [0.15, 0.2) is 0 Å². The van der Waals surface area contributed by atoms with Crippen molar-refractivity contribution in [3.8, 4) is 11.1 Å². The van der Waals surface area contributed by atoms with Gasteiger partial charge in [0.25, 0.3) is 0 Å². The van der Waals surface area contributed by atoms with Crippen molar-refractivity contribution >= 4 is 27.8 Å². The highest BCUT2D eigenvalue weighted by atomic mass is 15.1. The molecule has 0 radical (unpaired) electrons. The number of hydrogen-bond acceptors (Lipinski definition) is 1. The first kappa shape index (κ1) is 22.9.